The normalized spacial score (nSPS) is 13.1. The molecule has 0 fully saturated rings. The quantitative estimate of drug-likeness (QED) is 0.562. The summed E-state index contributed by atoms with van der Waals surface area (Å²) in [5, 5.41) is 2.93. The van der Waals surface area contributed by atoms with Crippen LogP contribution in [0, 0.1) is 0 Å². The van der Waals surface area contributed by atoms with Crippen LogP contribution < -0.4 is 9.62 Å². The van der Waals surface area contributed by atoms with Crippen molar-refractivity contribution >= 4 is 33.2 Å². The van der Waals surface area contributed by atoms with Gasteiger partial charge in [0, 0.05) is 25.8 Å². The lowest BCUT2D eigenvalue weighted by atomic mass is 10.1. The number of sulfonamides is 1. The molecule has 0 radical (unpaired) electrons. The minimum Gasteiger partial charge on any atom is -0.380 e. The second kappa shape index (κ2) is 9.32. The zero-order chi connectivity index (χ0) is 22.7. The Kier molecular flexibility index (Phi) is 6.50. The predicted molar refractivity (Wildman–Crippen MR) is 124 cm³/mol. The third kappa shape index (κ3) is 4.37. The Bertz CT molecular complexity index is 1260. The van der Waals surface area contributed by atoms with Gasteiger partial charge in [0.1, 0.15) is 4.90 Å². The molecule has 4 rings (SSSR count). The average Bonchev–Trinajstić information content (AvgIpc) is 3.24. The summed E-state index contributed by atoms with van der Waals surface area (Å²) in [6.45, 7) is 1.07. The van der Waals surface area contributed by atoms with Crippen LogP contribution in [0.1, 0.15) is 27.0 Å². The number of para-hydroxylation sites is 1. The van der Waals surface area contributed by atoms with Crippen LogP contribution in [-0.2, 0) is 34.3 Å². The highest BCUT2D eigenvalue weighted by Gasteiger charge is 2.32. The van der Waals surface area contributed by atoms with Gasteiger partial charge in [-0.2, -0.15) is 0 Å². The number of methoxy groups -OCH3 is 1. The summed E-state index contributed by atoms with van der Waals surface area (Å²) in [4.78, 5) is 12.7. The molecular formula is C24H23ClN2O4S. The number of nitrogens with zero attached hydrogens (tertiary/aromatic N) is 1. The van der Waals surface area contributed by atoms with Gasteiger partial charge in [-0.1, -0.05) is 54.1 Å². The fourth-order valence-corrected chi connectivity index (χ4v) is 5.83. The zero-order valence-electron chi connectivity index (χ0n) is 17.5. The Hall–Kier alpha value is -2.87. The summed E-state index contributed by atoms with van der Waals surface area (Å²) >= 11 is 6.27. The van der Waals surface area contributed by atoms with Crippen LogP contribution in [0.2, 0.25) is 5.02 Å². The highest BCUT2D eigenvalue weighted by atomic mass is 35.5. The van der Waals surface area contributed by atoms with Crippen LogP contribution in [0.15, 0.2) is 71.6 Å². The number of nitrogens with one attached hydrogen (secondary N) is 1. The Morgan fingerprint density at radius 2 is 1.78 bits per heavy atom. The Morgan fingerprint density at radius 3 is 2.56 bits per heavy atom. The number of ether oxygens (including phenoxy) is 1. The molecule has 0 aliphatic carbocycles. The van der Waals surface area contributed by atoms with E-state index in [9.17, 15) is 13.2 Å². The molecule has 1 N–H and O–H groups in total. The van der Waals surface area contributed by atoms with Crippen LogP contribution in [-0.4, -0.2) is 28.0 Å². The van der Waals surface area contributed by atoms with Crippen LogP contribution in [0.5, 0.6) is 0 Å². The number of fused-ring (bicyclic) bond motifs is 1. The number of amides is 1. The molecule has 0 saturated heterocycles. The summed E-state index contributed by atoms with van der Waals surface area (Å²) in [5.74, 6) is -0.382. The topological polar surface area (TPSA) is 75.7 Å². The van der Waals surface area contributed by atoms with E-state index in [1.165, 1.54) is 22.5 Å². The van der Waals surface area contributed by atoms with Gasteiger partial charge in [0.15, 0.2) is 0 Å². The summed E-state index contributed by atoms with van der Waals surface area (Å²) in [6, 6.07) is 19.3. The minimum absolute atomic E-state index is 0.0800. The number of carbonyl (C=O) groups is 1. The number of anilines is 1. The monoisotopic (exact) mass is 470 g/mol. The van der Waals surface area contributed by atoms with Gasteiger partial charge in [0.05, 0.1) is 17.3 Å². The zero-order valence-corrected chi connectivity index (χ0v) is 19.1. The van der Waals surface area contributed by atoms with Crippen molar-refractivity contribution < 1.29 is 17.9 Å². The molecule has 0 atom stereocenters. The summed E-state index contributed by atoms with van der Waals surface area (Å²) in [7, 11) is -2.30. The molecule has 3 aromatic rings. The van der Waals surface area contributed by atoms with E-state index in [0.29, 0.717) is 31.8 Å². The van der Waals surface area contributed by atoms with Crippen molar-refractivity contribution in [3.05, 3.63) is 94.0 Å². The molecule has 0 aromatic heterocycles. The Labute approximate surface area is 192 Å². The first kappa shape index (κ1) is 22.3. The molecule has 166 valence electrons. The van der Waals surface area contributed by atoms with Gasteiger partial charge in [-0.05, 0) is 47.4 Å². The third-order valence-corrected chi connectivity index (χ3v) is 7.76. The molecule has 1 aliphatic heterocycles. The number of hydrogen-bond donors (Lipinski definition) is 1. The van der Waals surface area contributed by atoms with Crippen molar-refractivity contribution in [2.24, 2.45) is 0 Å². The van der Waals surface area contributed by atoms with Crippen LogP contribution in [0.3, 0.4) is 0 Å². The first-order chi connectivity index (χ1) is 15.4. The van der Waals surface area contributed by atoms with Crippen molar-refractivity contribution in [2.75, 3.05) is 18.0 Å². The van der Waals surface area contributed by atoms with Crippen LogP contribution in [0.4, 0.5) is 5.69 Å². The second-order valence-electron chi connectivity index (χ2n) is 7.49. The van der Waals surface area contributed by atoms with E-state index in [1.807, 2.05) is 36.4 Å². The summed E-state index contributed by atoms with van der Waals surface area (Å²) in [6.07, 6.45) is 0.633. The van der Waals surface area contributed by atoms with Crippen molar-refractivity contribution in [1.29, 1.82) is 0 Å². The fraction of sp³-hybridized carbons (Fsp3) is 0.208. The standard InChI is InChI=1S/C24H23ClN2O4S/c1-31-16-20-8-3-2-7-19(20)15-26-24(28)18-10-11-21(25)23(14-18)32(29,30)27-13-12-17-6-4-5-9-22(17)27/h2-11,14H,12-13,15-16H2,1H3,(H,26,28). The first-order valence-corrected chi connectivity index (χ1v) is 12.0. The predicted octanol–water partition coefficient (Wildman–Crippen LogP) is 4.17. The number of halogens is 1. The Balaban J connectivity index is 1.57. The lowest BCUT2D eigenvalue weighted by Gasteiger charge is -2.20. The molecule has 0 spiro atoms. The lowest BCUT2D eigenvalue weighted by molar-refractivity contribution is 0.0950. The van der Waals surface area contributed by atoms with E-state index in [1.54, 1.807) is 19.2 Å². The molecule has 0 bridgehead atoms. The minimum atomic E-state index is -3.92. The van der Waals surface area contributed by atoms with Crippen molar-refractivity contribution in [3.63, 3.8) is 0 Å². The molecule has 3 aromatic carbocycles. The molecule has 1 aliphatic rings. The maximum Gasteiger partial charge on any atom is 0.265 e. The van der Waals surface area contributed by atoms with Gasteiger partial charge in [-0.25, -0.2) is 8.42 Å². The van der Waals surface area contributed by atoms with E-state index in [4.69, 9.17) is 16.3 Å². The maximum atomic E-state index is 13.4. The van der Waals surface area contributed by atoms with Gasteiger partial charge >= 0.3 is 0 Å². The molecular weight excluding hydrogens is 448 g/mol. The molecule has 8 heteroatoms. The molecule has 6 nitrogen and oxygen atoms in total. The van der Waals surface area contributed by atoms with Gasteiger partial charge in [-0.3, -0.25) is 9.10 Å². The van der Waals surface area contributed by atoms with Crippen molar-refractivity contribution in [1.82, 2.24) is 5.32 Å². The molecule has 1 amide bonds. The highest BCUT2D eigenvalue weighted by Crippen LogP contribution is 2.35. The van der Waals surface area contributed by atoms with Gasteiger partial charge in [0.25, 0.3) is 15.9 Å². The molecule has 0 saturated carbocycles. The SMILES string of the molecule is COCc1ccccc1CNC(=O)c1ccc(Cl)c(S(=O)(=O)N2CCc3ccccc32)c1. The largest absolute Gasteiger partial charge is 0.380 e. The smallest absolute Gasteiger partial charge is 0.265 e. The number of carbonyl (C=O) groups excluding carboxylic acids is 1. The lowest BCUT2D eigenvalue weighted by Crippen LogP contribution is -2.30. The number of hydrogen-bond acceptors (Lipinski definition) is 4. The summed E-state index contributed by atoms with van der Waals surface area (Å²) < 4.78 is 33.3. The Morgan fingerprint density at radius 1 is 1.06 bits per heavy atom. The van der Waals surface area contributed by atoms with E-state index < -0.39 is 10.0 Å². The van der Waals surface area contributed by atoms with E-state index in [-0.39, 0.29) is 21.4 Å². The molecule has 1 heterocycles. The molecule has 32 heavy (non-hydrogen) atoms. The maximum absolute atomic E-state index is 13.4. The average molecular weight is 471 g/mol. The second-order valence-corrected chi connectivity index (χ2v) is 9.72. The highest BCUT2D eigenvalue weighted by molar-refractivity contribution is 7.93. The van der Waals surface area contributed by atoms with E-state index >= 15 is 0 Å². The number of benzene rings is 3. The fourth-order valence-electron chi connectivity index (χ4n) is 3.82. The number of rotatable bonds is 7. The van der Waals surface area contributed by atoms with Crippen LogP contribution >= 0.6 is 11.6 Å². The van der Waals surface area contributed by atoms with E-state index in [0.717, 1.165) is 16.7 Å². The van der Waals surface area contributed by atoms with Gasteiger partial charge in [-0.15, -0.1) is 0 Å². The van der Waals surface area contributed by atoms with Gasteiger partial charge < -0.3 is 10.1 Å². The van der Waals surface area contributed by atoms with Crippen molar-refractivity contribution in [2.45, 2.75) is 24.5 Å². The van der Waals surface area contributed by atoms with E-state index in [2.05, 4.69) is 5.32 Å². The van der Waals surface area contributed by atoms with Crippen molar-refractivity contribution in [3.8, 4) is 0 Å². The summed E-state index contributed by atoms with van der Waals surface area (Å²) in [5.41, 5.74) is 3.74. The van der Waals surface area contributed by atoms with Gasteiger partial charge in [0.2, 0.25) is 0 Å². The van der Waals surface area contributed by atoms with Crippen LogP contribution in [0.25, 0.3) is 0 Å². The molecule has 0 unspecified atom stereocenters. The third-order valence-electron chi connectivity index (χ3n) is 5.46. The first-order valence-electron chi connectivity index (χ1n) is 10.2.